The average Bonchev–Trinajstić information content (AvgIpc) is 2.54. The summed E-state index contributed by atoms with van der Waals surface area (Å²) in [4.78, 5) is 11.0. The van der Waals surface area contributed by atoms with Crippen molar-refractivity contribution in [3.8, 4) is 0 Å². The number of carbonyl (C=O) groups is 1. The van der Waals surface area contributed by atoms with Crippen LogP contribution >= 0.6 is 23.8 Å². The molecule has 0 aliphatic rings. The van der Waals surface area contributed by atoms with Crippen LogP contribution in [0.2, 0.25) is 5.02 Å². The molecule has 0 aromatic heterocycles. The van der Waals surface area contributed by atoms with E-state index in [0.29, 0.717) is 12.1 Å². The highest BCUT2D eigenvalue weighted by Crippen LogP contribution is 2.38. The highest BCUT2D eigenvalue weighted by molar-refractivity contribution is 7.80. The first-order valence-electron chi connectivity index (χ1n) is 6.98. The highest BCUT2D eigenvalue weighted by Gasteiger charge is 2.33. The second-order valence-electron chi connectivity index (χ2n) is 5.03. The van der Waals surface area contributed by atoms with Crippen LogP contribution in [0.4, 0.5) is 18.9 Å². The maximum atomic E-state index is 12.8. The lowest BCUT2D eigenvalue weighted by molar-refractivity contribution is -0.137. The zero-order valence-electron chi connectivity index (χ0n) is 12.7. The molecule has 4 nitrogen and oxygen atoms in total. The maximum Gasteiger partial charge on any atom is 0.417 e. The summed E-state index contributed by atoms with van der Waals surface area (Å²) >= 11 is 10.9. The second kappa shape index (κ2) is 7.71. The minimum absolute atomic E-state index is 0.0538. The third kappa shape index (κ3) is 5.07. The molecule has 0 fully saturated rings. The summed E-state index contributed by atoms with van der Waals surface area (Å²) in [6.45, 7) is 0.307. The monoisotopic (exact) mass is 387 g/mol. The van der Waals surface area contributed by atoms with Gasteiger partial charge in [0.1, 0.15) is 0 Å². The van der Waals surface area contributed by atoms with Gasteiger partial charge in [-0.15, -0.1) is 0 Å². The first-order valence-corrected chi connectivity index (χ1v) is 7.76. The van der Waals surface area contributed by atoms with Gasteiger partial charge in [0.15, 0.2) is 5.11 Å². The number of alkyl halides is 3. The number of thiocarbonyl (C=S) groups is 1. The lowest BCUT2D eigenvalue weighted by Gasteiger charge is -2.15. The Morgan fingerprint density at radius 2 is 1.80 bits per heavy atom. The van der Waals surface area contributed by atoms with Crippen molar-refractivity contribution in [3.63, 3.8) is 0 Å². The molecule has 2 rings (SSSR count). The molecule has 0 atom stereocenters. The van der Waals surface area contributed by atoms with Crippen LogP contribution in [0.1, 0.15) is 21.5 Å². The van der Waals surface area contributed by atoms with Gasteiger partial charge in [-0.25, -0.2) is 0 Å². The quantitative estimate of drug-likeness (QED) is 0.695. The first-order chi connectivity index (χ1) is 11.7. The van der Waals surface area contributed by atoms with Gasteiger partial charge in [-0.1, -0.05) is 29.8 Å². The molecule has 0 saturated heterocycles. The molecule has 4 N–H and O–H groups in total. The number of rotatable bonds is 4. The van der Waals surface area contributed by atoms with E-state index in [2.05, 4.69) is 10.6 Å². The summed E-state index contributed by atoms with van der Waals surface area (Å²) in [6.07, 6.45) is -4.55. The molecule has 0 heterocycles. The molecule has 132 valence electrons. The van der Waals surface area contributed by atoms with Gasteiger partial charge >= 0.3 is 6.18 Å². The van der Waals surface area contributed by atoms with Crippen molar-refractivity contribution < 1.29 is 18.0 Å². The summed E-state index contributed by atoms with van der Waals surface area (Å²) in [5.41, 5.74) is 5.45. The maximum absolute atomic E-state index is 12.8. The second-order valence-corrected chi connectivity index (χ2v) is 5.82. The van der Waals surface area contributed by atoms with Crippen molar-refractivity contribution in [2.45, 2.75) is 12.7 Å². The molecule has 2 aromatic rings. The molecule has 0 bridgehead atoms. The van der Waals surface area contributed by atoms with Crippen LogP contribution in [-0.4, -0.2) is 11.0 Å². The van der Waals surface area contributed by atoms with Crippen LogP contribution in [0.15, 0.2) is 42.5 Å². The molecule has 0 unspecified atom stereocenters. The third-order valence-corrected chi connectivity index (χ3v) is 3.90. The third-order valence-electron chi connectivity index (χ3n) is 3.24. The van der Waals surface area contributed by atoms with E-state index >= 15 is 0 Å². The lowest BCUT2D eigenvalue weighted by atomic mass is 10.1. The molecular formula is C16H13ClF3N3OS. The minimum atomic E-state index is -4.55. The zero-order chi connectivity index (χ0) is 18.6. The number of nitrogens with two attached hydrogens (primary N) is 1. The van der Waals surface area contributed by atoms with Gasteiger partial charge in [0.2, 0.25) is 5.91 Å². The number of nitrogens with one attached hydrogen (secondary N) is 2. The highest BCUT2D eigenvalue weighted by atomic mass is 35.5. The molecule has 9 heteroatoms. The normalized spacial score (nSPS) is 11.0. The lowest BCUT2D eigenvalue weighted by Crippen LogP contribution is -2.28. The molecule has 1 amide bonds. The molecule has 0 saturated carbocycles. The van der Waals surface area contributed by atoms with Crippen LogP contribution in [0.3, 0.4) is 0 Å². The average molecular weight is 388 g/mol. The predicted molar refractivity (Wildman–Crippen MR) is 94.5 cm³/mol. The van der Waals surface area contributed by atoms with Crippen LogP contribution in [0, 0.1) is 0 Å². The first kappa shape index (κ1) is 19.0. The van der Waals surface area contributed by atoms with Gasteiger partial charge in [0.05, 0.1) is 16.3 Å². The van der Waals surface area contributed by atoms with Crippen LogP contribution in [0.25, 0.3) is 0 Å². The van der Waals surface area contributed by atoms with E-state index in [1.165, 1.54) is 12.1 Å². The van der Waals surface area contributed by atoms with E-state index < -0.39 is 22.7 Å². The number of benzene rings is 2. The van der Waals surface area contributed by atoms with E-state index in [1.54, 1.807) is 24.3 Å². The molecule has 0 aliphatic heterocycles. The number of hydrogen-bond donors (Lipinski definition) is 3. The Hall–Kier alpha value is -2.32. The van der Waals surface area contributed by atoms with E-state index in [-0.39, 0.29) is 10.8 Å². The summed E-state index contributed by atoms with van der Waals surface area (Å²) in [5, 5.41) is 5.14. The fraction of sp³-hybridized carbons (Fsp3) is 0.125. The topological polar surface area (TPSA) is 67.2 Å². The predicted octanol–water partition coefficient (Wildman–Crippen LogP) is 3.94. The van der Waals surface area contributed by atoms with Crippen molar-refractivity contribution in [1.82, 2.24) is 5.32 Å². The van der Waals surface area contributed by atoms with Gasteiger partial charge in [-0.05, 0) is 42.0 Å². The Labute approximate surface area is 152 Å². The summed E-state index contributed by atoms with van der Waals surface area (Å²) in [5.74, 6) is -0.532. The van der Waals surface area contributed by atoms with Crippen molar-refractivity contribution in [3.05, 3.63) is 64.2 Å². The summed E-state index contributed by atoms with van der Waals surface area (Å²) in [6, 6.07) is 10.0. The zero-order valence-corrected chi connectivity index (χ0v) is 14.2. The van der Waals surface area contributed by atoms with E-state index in [0.717, 1.165) is 11.6 Å². The Morgan fingerprint density at radius 3 is 2.36 bits per heavy atom. The Morgan fingerprint density at radius 1 is 1.16 bits per heavy atom. The van der Waals surface area contributed by atoms with E-state index in [1.807, 2.05) is 0 Å². The number of halogens is 4. The van der Waals surface area contributed by atoms with Gasteiger partial charge in [-0.2, -0.15) is 13.2 Å². The molecule has 25 heavy (non-hydrogen) atoms. The van der Waals surface area contributed by atoms with Crippen LogP contribution < -0.4 is 16.4 Å². The van der Waals surface area contributed by atoms with Gasteiger partial charge in [0, 0.05) is 12.1 Å². The number of amides is 1. The largest absolute Gasteiger partial charge is 0.417 e. The molecule has 0 aliphatic carbocycles. The molecular weight excluding hydrogens is 375 g/mol. The summed E-state index contributed by atoms with van der Waals surface area (Å²) < 4.78 is 38.5. The fourth-order valence-electron chi connectivity index (χ4n) is 1.98. The van der Waals surface area contributed by atoms with Crippen LogP contribution in [-0.2, 0) is 12.7 Å². The fourth-order valence-corrected chi connectivity index (χ4v) is 2.45. The van der Waals surface area contributed by atoms with Gasteiger partial charge in [-0.3, -0.25) is 4.79 Å². The molecule has 2 aromatic carbocycles. The SMILES string of the molecule is NC(=O)c1ccc(CNC(=S)Nc2cccc(C(F)(F)F)c2Cl)cc1. The molecule has 0 spiro atoms. The summed E-state index contributed by atoms with van der Waals surface area (Å²) in [7, 11) is 0. The number of hydrogen-bond acceptors (Lipinski definition) is 2. The number of carbonyl (C=O) groups excluding carboxylic acids is 1. The van der Waals surface area contributed by atoms with Gasteiger partial charge in [0.25, 0.3) is 0 Å². The van der Waals surface area contributed by atoms with E-state index in [4.69, 9.17) is 29.6 Å². The van der Waals surface area contributed by atoms with Crippen molar-refractivity contribution in [2.24, 2.45) is 5.73 Å². The Kier molecular flexibility index (Phi) is 5.86. The van der Waals surface area contributed by atoms with E-state index in [9.17, 15) is 18.0 Å². The minimum Gasteiger partial charge on any atom is -0.366 e. The number of primary amides is 1. The van der Waals surface area contributed by atoms with Crippen molar-refractivity contribution in [2.75, 3.05) is 5.32 Å². The Bertz CT molecular complexity index is 794. The standard InChI is InChI=1S/C16H13ClF3N3OS/c17-13-11(16(18,19)20)2-1-3-12(13)23-15(25)22-8-9-4-6-10(7-5-9)14(21)24/h1-7H,8H2,(H2,21,24)(H2,22,23,25). The number of anilines is 1. The Balaban J connectivity index is 2.00. The molecule has 0 radical (unpaired) electrons. The van der Waals surface area contributed by atoms with Crippen molar-refractivity contribution in [1.29, 1.82) is 0 Å². The van der Waals surface area contributed by atoms with Crippen molar-refractivity contribution >= 4 is 40.5 Å². The van der Waals surface area contributed by atoms with Crippen LogP contribution in [0.5, 0.6) is 0 Å². The van der Waals surface area contributed by atoms with Gasteiger partial charge < -0.3 is 16.4 Å². The smallest absolute Gasteiger partial charge is 0.366 e.